The Morgan fingerprint density at radius 2 is 1.84 bits per heavy atom. The molecule has 7 nitrogen and oxygen atoms in total. The lowest BCUT2D eigenvalue weighted by Gasteiger charge is -2.11. The zero-order valence-electron chi connectivity index (χ0n) is 13.6. The second-order valence-corrected chi connectivity index (χ2v) is 6.71. The number of nitriles is 1. The van der Waals surface area contributed by atoms with Crippen LogP contribution < -0.4 is 14.8 Å². The van der Waals surface area contributed by atoms with E-state index in [2.05, 4.69) is 4.84 Å². The molecule has 0 aliphatic heterocycles. The predicted molar refractivity (Wildman–Crippen MR) is 90.4 cm³/mol. The third kappa shape index (κ3) is 5.19. The molecule has 0 atom stereocenters. The number of hydrogen-bond acceptors (Lipinski definition) is 7. The van der Waals surface area contributed by atoms with Crippen LogP contribution in [0.2, 0.25) is 0 Å². The third-order valence-electron chi connectivity index (χ3n) is 3.18. The van der Waals surface area contributed by atoms with Gasteiger partial charge in [0, 0.05) is 12.5 Å². The molecule has 0 unspecified atom stereocenters. The number of nitrogens with two attached hydrogens (primary N) is 1. The molecule has 8 heteroatoms. The van der Waals surface area contributed by atoms with E-state index in [4.69, 9.17) is 20.1 Å². The topological polar surface area (TPSA) is 112 Å². The number of nitrogens with zero attached hydrogens (tertiary/aromatic N) is 1. The van der Waals surface area contributed by atoms with Crippen molar-refractivity contribution in [3.63, 3.8) is 0 Å². The van der Waals surface area contributed by atoms with Crippen molar-refractivity contribution < 1.29 is 22.2 Å². The van der Waals surface area contributed by atoms with Gasteiger partial charge in [-0.2, -0.15) is 13.7 Å². The zero-order chi connectivity index (χ0) is 18.3. The molecule has 0 amide bonds. The maximum absolute atomic E-state index is 12.5. The number of ether oxygens (including phenoxy) is 1. The highest BCUT2D eigenvalue weighted by molar-refractivity contribution is 7.87. The fraction of sp³-hybridized carbons (Fsp3) is 0.235. The summed E-state index contributed by atoms with van der Waals surface area (Å²) in [4.78, 5) is 4.27. The number of hydrogen-bond donors (Lipinski definition) is 1. The summed E-state index contributed by atoms with van der Waals surface area (Å²) in [5, 5.41) is 9.07. The summed E-state index contributed by atoms with van der Waals surface area (Å²) in [6, 6.07) is 12.5. The maximum Gasteiger partial charge on any atom is 0.340 e. The largest absolute Gasteiger partial charge is 0.493 e. The first-order chi connectivity index (χ1) is 12.0. The minimum Gasteiger partial charge on any atom is -0.493 e. The molecule has 0 spiro atoms. The number of aryl methyl sites for hydroxylation is 1. The Bertz CT molecular complexity index is 875. The third-order valence-corrected chi connectivity index (χ3v) is 4.49. The van der Waals surface area contributed by atoms with Crippen LogP contribution in [0.25, 0.3) is 0 Å². The minimum absolute atomic E-state index is 0.0217. The van der Waals surface area contributed by atoms with Gasteiger partial charge in [-0.05, 0) is 36.8 Å². The summed E-state index contributed by atoms with van der Waals surface area (Å²) in [6.07, 6.45) is 0.592. The highest BCUT2D eigenvalue weighted by atomic mass is 32.2. The molecule has 0 saturated carbocycles. The van der Waals surface area contributed by atoms with E-state index in [0.29, 0.717) is 25.4 Å². The van der Waals surface area contributed by atoms with E-state index < -0.39 is 10.1 Å². The van der Waals surface area contributed by atoms with Gasteiger partial charge in [0.25, 0.3) is 0 Å². The molecule has 0 aliphatic carbocycles. The van der Waals surface area contributed by atoms with E-state index in [1.54, 1.807) is 25.1 Å². The molecule has 2 aromatic rings. The van der Waals surface area contributed by atoms with E-state index in [9.17, 15) is 8.42 Å². The lowest BCUT2D eigenvalue weighted by molar-refractivity contribution is 0.122. The second-order valence-electron chi connectivity index (χ2n) is 5.20. The van der Waals surface area contributed by atoms with Crippen molar-refractivity contribution in [3.8, 4) is 17.6 Å². The van der Waals surface area contributed by atoms with Gasteiger partial charge in [0.15, 0.2) is 0 Å². The van der Waals surface area contributed by atoms with Crippen molar-refractivity contribution in [2.75, 3.05) is 13.2 Å². The normalized spacial score (nSPS) is 10.9. The van der Waals surface area contributed by atoms with Crippen LogP contribution in [0.3, 0.4) is 0 Å². The Kier molecular flexibility index (Phi) is 6.36. The van der Waals surface area contributed by atoms with E-state index in [-0.39, 0.29) is 16.2 Å². The SMILES string of the molecule is Cc1cc(OCCCON)cc(OS(=O)(=O)c2ccccc2C#N)c1. The Labute approximate surface area is 146 Å². The summed E-state index contributed by atoms with van der Waals surface area (Å²) < 4.78 is 35.6. The molecule has 0 bridgehead atoms. The second kappa shape index (κ2) is 8.48. The van der Waals surface area contributed by atoms with Crippen molar-refractivity contribution in [2.24, 2.45) is 5.90 Å². The Balaban J connectivity index is 2.21. The molecule has 0 heterocycles. The van der Waals surface area contributed by atoms with Gasteiger partial charge in [0.2, 0.25) is 0 Å². The van der Waals surface area contributed by atoms with Gasteiger partial charge in [0.1, 0.15) is 22.5 Å². The van der Waals surface area contributed by atoms with Crippen LogP contribution in [0, 0.1) is 18.3 Å². The van der Waals surface area contributed by atoms with Gasteiger partial charge >= 0.3 is 10.1 Å². The average molecular weight is 362 g/mol. The summed E-state index contributed by atoms with van der Waals surface area (Å²) in [5.74, 6) is 5.52. The van der Waals surface area contributed by atoms with Crippen LogP contribution in [0.1, 0.15) is 17.5 Å². The van der Waals surface area contributed by atoms with Crippen molar-refractivity contribution in [1.82, 2.24) is 0 Å². The van der Waals surface area contributed by atoms with Crippen molar-refractivity contribution in [3.05, 3.63) is 53.6 Å². The van der Waals surface area contributed by atoms with Crippen molar-refractivity contribution in [2.45, 2.75) is 18.2 Å². The highest BCUT2D eigenvalue weighted by Crippen LogP contribution is 2.26. The molecular formula is C17H18N2O5S. The fourth-order valence-corrected chi connectivity index (χ4v) is 3.19. The highest BCUT2D eigenvalue weighted by Gasteiger charge is 2.21. The van der Waals surface area contributed by atoms with Crippen LogP contribution in [0.15, 0.2) is 47.4 Å². The monoisotopic (exact) mass is 362 g/mol. The Morgan fingerprint density at radius 3 is 2.56 bits per heavy atom. The molecular weight excluding hydrogens is 344 g/mol. The smallest absolute Gasteiger partial charge is 0.340 e. The summed E-state index contributed by atoms with van der Waals surface area (Å²) >= 11 is 0. The van der Waals surface area contributed by atoms with Gasteiger partial charge in [0.05, 0.1) is 18.8 Å². The fourth-order valence-electron chi connectivity index (χ4n) is 2.13. The lowest BCUT2D eigenvalue weighted by atomic mass is 10.2. The molecule has 0 aliphatic rings. The molecule has 132 valence electrons. The average Bonchev–Trinajstić information content (AvgIpc) is 2.58. The van der Waals surface area contributed by atoms with Crippen LogP contribution in [0.5, 0.6) is 11.5 Å². The van der Waals surface area contributed by atoms with Gasteiger partial charge in [-0.15, -0.1) is 0 Å². The molecule has 0 fully saturated rings. The first-order valence-corrected chi connectivity index (χ1v) is 8.87. The summed E-state index contributed by atoms with van der Waals surface area (Å²) in [5.41, 5.74) is 0.791. The quantitative estimate of drug-likeness (QED) is 0.435. The molecule has 2 rings (SSSR count). The molecule has 2 N–H and O–H groups in total. The van der Waals surface area contributed by atoms with Gasteiger partial charge < -0.3 is 13.8 Å². The van der Waals surface area contributed by atoms with Crippen LogP contribution >= 0.6 is 0 Å². The van der Waals surface area contributed by atoms with Crippen LogP contribution in [-0.2, 0) is 15.0 Å². The first kappa shape index (κ1) is 18.7. The van der Waals surface area contributed by atoms with Gasteiger partial charge in [-0.1, -0.05) is 12.1 Å². The van der Waals surface area contributed by atoms with E-state index >= 15 is 0 Å². The van der Waals surface area contributed by atoms with Crippen LogP contribution in [0.4, 0.5) is 0 Å². The van der Waals surface area contributed by atoms with Crippen LogP contribution in [-0.4, -0.2) is 21.6 Å². The van der Waals surface area contributed by atoms with E-state index in [0.717, 1.165) is 5.56 Å². The minimum atomic E-state index is -4.13. The van der Waals surface area contributed by atoms with Gasteiger partial charge in [-0.3, -0.25) is 0 Å². The van der Waals surface area contributed by atoms with Crippen molar-refractivity contribution >= 4 is 10.1 Å². The molecule has 0 saturated heterocycles. The lowest BCUT2D eigenvalue weighted by Crippen LogP contribution is -2.12. The standard InChI is InChI=1S/C17H18N2O5S/c1-13-9-15(22-7-4-8-23-19)11-16(10-13)24-25(20,21)17-6-3-2-5-14(17)12-18/h2-3,5-6,9-11H,4,7-8,19H2,1H3. The van der Waals surface area contributed by atoms with Gasteiger partial charge in [-0.25, -0.2) is 5.90 Å². The summed E-state index contributed by atoms with van der Waals surface area (Å²) in [6.45, 7) is 2.51. The van der Waals surface area contributed by atoms with Crippen molar-refractivity contribution in [1.29, 1.82) is 5.26 Å². The zero-order valence-corrected chi connectivity index (χ0v) is 14.5. The molecule has 0 radical (unpaired) electrons. The molecule has 0 aromatic heterocycles. The Morgan fingerprint density at radius 1 is 1.12 bits per heavy atom. The summed E-state index contributed by atoms with van der Waals surface area (Å²) in [7, 11) is -4.13. The maximum atomic E-state index is 12.5. The van der Waals surface area contributed by atoms with E-state index in [1.807, 2.05) is 6.07 Å². The number of benzene rings is 2. The molecule has 2 aromatic carbocycles. The van der Waals surface area contributed by atoms with E-state index in [1.165, 1.54) is 24.3 Å². The molecule has 25 heavy (non-hydrogen) atoms. The first-order valence-electron chi connectivity index (χ1n) is 7.46. The number of rotatable bonds is 8. The Hall–Kier alpha value is -2.60. The predicted octanol–water partition coefficient (Wildman–Crippen LogP) is 2.29.